The molecular formula is C25H25FN2O6. The predicted molar refractivity (Wildman–Crippen MR) is 120 cm³/mol. The number of ketones is 1. The van der Waals surface area contributed by atoms with Crippen molar-refractivity contribution in [2.75, 3.05) is 52.6 Å². The van der Waals surface area contributed by atoms with Gasteiger partial charge < -0.3 is 24.2 Å². The van der Waals surface area contributed by atoms with Crippen LogP contribution in [0.2, 0.25) is 0 Å². The number of hydrogen-bond acceptors (Lipinski definition) is 7. The number of hydrogen-bond donors (Lipinski definition) is 1. The number of Topliss-reactive ketones (excluding diaryl/α,β-unsaturated/α-hetero) is 1. The summed E-state index contributed by atoms with van der Waals surface area (Å²) in [5.41, 5.74) is 0.847. The summed E-state index contributed by atoms with van der Waals surface area (Å²) in [6.07, 6.45) is 0. The smallest absolute Gasteiger partial charge is 0.295 e. The highest BCUT2D eigenvalue weighted by Crippen LogP contribution is 2.41. The van der Waals surface area contributed by atoms with Crippen molar-refractivity contribution in [3.8, 4) is 11.5 Å². The van der Waals surface area contributed by atoms with E-state index < -0.39 is 23.5 Å². The zero-order valence-corrected chi connectivity index (χ0v) is 18.5. The summed E-state index contributed by atoms with van der Waals surface area (Å²) in [7, 11) is 0. The van der Waals surface area contributed by atoms with Crippen molar-refractivity contribution in [3.63, 3.8) is 0 Å². The van der Waals surface area contributed by atoms with Crippen LogP contribution in [0.25, 0.3) is 5.76 Å². The number of benzene rings is 2. The maximum Gasteiger partial charge on any atom is 0.295 e. The summed E-state index contributed by atoms with van der Waals surface area (Å²) in [4.78, 5) is 29.8. The quantitative estimate of drug-likeness (QED) is 0.409. The van der Waals surface area contributed by atoms with Crippen molar-refractivity contribution in [1.29, 1.82) is 0 Å². The van der Waals surface area contributed by atoms with Gasteiger partial charge in [-0.1, -0.05) is 12.1 Å². The summed E-state index contributed by atoms with van der Waals surface area (Å²) in [6.45, 7) is 4.35. The van der Waals surface area contributed by atoms with E-state index in [0.717, 1.165) is 13.1 Å². The van der Waals surface area contributed by atoms with Crippen LogP contribution in [-0.4, -0.2) is 79.2 Å². The van der Waals surface area contributed by atoms with E-state index in [9.17, 15) is 19.1 Å². The molecule has 2 aromatic carbocycles. The molecule has 178 valence electrons. The minimum absolute atomic E-state index is 0.0322. The molecule has 1 N–H and O–H groups in total. The molecule has 9 heteroatoms. The molecule has 34 heavy (non-hydrogen) atoms. The van der Waals surface area contributed by atoms with Gasteiger partial charge in [-0.3, -0.25) is 14.5 Å². The number of carbonyl (C=O) groups excluding carboxylic acids is 2. The van der Waals surface area contributed by atoms with E-state index in [4.69, 9.17) is 14.2 Å². The Labute approximate surface area is 196 Å². The molecule has 3 aliphatic heterocycles. The fourth-order valence-corrected chi connectivity index (χ4v) is 4.52. The summed E-state index contributed by atoms with van der Waals surface area (Å²) in [5, 5.41) is 11.2. The van der Waals surface area contributed by atoms with Gasteiger partial charge in [-0.2, -0.15) is 0 Å². The molecular weight excluding hydrogens is 443 g/mol. The van der Waals surface area contributed by atoms with E-state index in [-0.39, 0.29) is 17.9 Å². The van der Waals surface area contributed by atoms with Crippen LogP contribution in [0.15, 0.2) is 48.0 Å². The minimum atomic E-state index is -0.838. The van der Waals surface area contributed by atoms with Gasteiger partial charge in [0.2, 0.25) is 0 Å². The van der Waals surface area contributed by atoms with E-state index >= 15 is 0 Å². The van der Waals surface area contributed by atoms with Crippen LogP contribution >= 0.6 is 0 Å². The first-order chi connectivity index (χ1) is 16.5. The highest BCUT2D eigenvalue weighted by molar-refractivity contribution is 6.46. The van der Waals surface area contributed by atoms with Crippen LogP contribution in [0.5, 0.6) is 11.5 Å². The molecule has 0 bridgehead atoms. The number of carbonyl (C=O) groups is 2. The van der Waals surface area contributed by atoms with Crippen LogP contribution in [0.3, 0.4) is 0 Å². The Morgan fingerprint density at radius 3 is 2.38 bits per heavy atom. The van der Waals surface area contributed by atoms with Gasteiger partial charge in [0.25, 0.3) is 11.7 Å². The Kier molecular flexibility index (Phi) is 6.21. The molecule has 0 aromatic heterocycles. The van der Waals surface area contributed by atoms with E-state index in [1.807, 2.05) is 0 Å². The van der Waals surface area contributed by atoms with Gasteiger partial charge >= 0.3 is 0 Å². The monoisotopic (exact) mass is 468 g/mol. The van der Waals surface area contributed by atoms with E-state index in [0.29, 0.717) is 55.6 Å². The van der Waals surface area contributed by atoms with E-state index in [1.165, 1.54) is 29.2 Å². The van der Waals surface area contributed by atoms with Gasteiger partial charge in [-0.25, -0.2) is 4.39 Å². The van der Waals surface area contributed by atoms with E-state index in [2.05, 4.69) is 4.90 Å². The number of likely N-dealkylation sites (tertiary alicyclic amines) is 1. The van der Waals surface area contributed by atoms with Gasteiger partial charge in [-0.05, 0) is 35.9 Å². The third-order valence-corrected chi connectivity index (χ3v) is 6.30. The van der Waals surface area contributed by atoms with Crippen LogP contribution in [-0.2, 0) is 14.3 Å². The number of aliphatic hydroxyl groups is 1. The molecule has 2 aromatic rings. The molecule has 5 rings (SSSR count). The van der Waals surface area contributed by atoms with Gasteiger partial charge in [0, 0.05) is 31.7 Å². The third kappa shape index (κ3) is 4.24. The molecule has 0 saturated carbocycles. The normalized spacial score (nSPS) is 22.3. The van der Waals surface area contributed by atoms with E-state index in [1.54, 1.807) is 18.2 Å². The van der Waals surface area contributed by atoms with Gasteiger partial charge in [0.1, 0.15) is 24.8 Å². The lowest BCUT2D eigenvalue weighted by Crippen LogP contribution is -2.42. The zero-order valence-electron chi connectivity index (χ0n) is 18.5. The lowest BCUT2D eigenvalue weighted by atomic mass is 9.95. The maximum absolute atomic E-state index is 13.6. The molecule has 0 unspecified atom stereocenters. The predicted octanol–water partition coefficient (Wildman–Crippen LogP) is 2.35. The molecule has 0 spiro atoms. The Hall–Kier alpha value is -3.43. The Morgan fingerprint density at radius 2 is 1.65 bits per heavy atom. The highest BCUT2D eigenvalue weighted by atomic mass is 19.1. The second-order valence-corrected chi connectivity index (χ2v) is 8.36. The van der Waals surface area contributed by atoms with Crippen molar-refractivity contribution < 1.29 is 33.3 Å². The number of nitrogens with zero attached hydrogens (tertiary/aromatic N) is 2. The largest absolute Gasteiger partial charge is 0.507 e. The SMILES string of the molecule is O=C1C(=O)N(CCN2CCOCC2)[C@H](c2ccc(F)cc2)C1=C(O)c1ccc2c(c1)OCCO2. The molecule has 3 aliphatic rings. The zero-order chi connectivity index (χ0) is 23.7. The van der Waals surface area contributed by atoms with Gasteiger partial charge in [-0.15, -0.1) is 0 Å². The fraction of sp³-hybridized carbons (Fsp3) is 0.360. The Morgan fingerprint density at radius 1 is 0.941 bits per heavy atom. The number of ether oxygens (including phenoxy) is 3. The Bertz CT molecular complexity index is 1130. The van der Waals surface area contributed by atoms with Crippen molar-refractivity contribution in [1.82, 2.24) is 9.80 Å². The lowest BCUT2D eigenvalue weighted by molar-refractivity contribution is -0.140. The van der Waals surface area contributed by atoms with Crippen LogP contribution in [0, 0.1) is 5.82 Å². The average Bonchev–Trinajstić information content (AvgIpc) is 3.12. The molecule has 0 aliphatic carbocycles. The molecule has 1 amide bonds. The number of aliphatic hydroxyl groups excluding tert-OH is 1. The first-order valence-corrected chi connectivity index (χ1v) is 11.3. The van der Waals surface area contributed by atoms with Crippen LogP contribution in [0.1, 0.15) is 17.2 Å². The molecule has 8 nitrogen and oxygen atoms in total. The van der Waals surface area contributed by atoms with Gasteiger partial charge in [0.15, 0.2) is 11.5 Å². The molecule has 0 radical (unpaired) electrons. The summed E-state index contributed by atoms with van der Waals surface area (Å²) >= 11 is 0. The highest BCUT2D eigenvalue weighted by Gasteiger charge is 2.46. The van der Waals surface area contributed by atoms with Crippen LogP contribution < -0.4 is 9.47 Å². The summed E-state index contributed by atoms with van der Waals surface area (Å²) < 4.78 is 30.1. The summed E-state index contributed by atoms with van der Waals surface area (Å²) in [5.74, 6) is -1.20. The first-order valence-electron chi connectivity index (χ1n) is 11.3. The standard InChI is InChI=1S/C25H25FN2O6/c26-18-4-1-16(2-5-18)22-21(23(29)17-3-6-19-20(15-17)34-14-13-33-19)24(30)25(31)28(22)8-7-27-9-11-32-12-10-27/h1-6,15,22,29H,7-14H2/t22-/m1/s1. The van der Waals surface area contributed by atoms with Crippen molar-refractivity contribution in [2.45, 2.75) is 6.04 Å². The molecule has 3 heterocycles. The number of fused-ring (bicyclic) bond motifs is 1. The van der Waals surface area contributed by atoms with Gasteiger partial charge in [0.05, 0.1) is 24.8 Å². The molecule has 2 fully saturated rings. The second-order valence-electron chi connectivity index (χ2n) is 8.36. The van der Waals surface area contributed by atoms with Crippen molar-refractivity contribution in [2.24, 2.45) is 0 Å². The number of amides is 1. The minimum Gasteiger partial charge on any atom is -0.507 e. The molecule has 2 saturated heterocycles. The number of morpholine rings is 1. The molecule has 1 atom stereocenters. The van der Waals surface area contributed by atoms with Crippen molar-refractivity contribution >= 4 is 17.4 Å². The first kappa shape index (κ1) is 22.4. The fourth-order valence-electron chi connectivity index (χ4n) is 4.52. The average molecular weight is 468 g/mol. The Balaban J connectivity index is 1.53. The number of halogens is 1. The third-order valence-electron chi connectivity index (χ3n) is 6.30. The maximum atomic E-state index is 13.6. The second kappa shape index (κ2) is 9.44. The van der Waals surface area contributed by atoms with Crippen LogP contribution in [0.4, 0.5) is 4.39 Å². The topological polar surface area (TPSA) is 88.5 Å². The lowest BCUT2D eigenvalue weighted by Gasteiger charge is -2.31. The number of rotatable bonds is 5. The summed E-state index contributed by atoms with van der Waals surface area (Å²) in [6, 6.07) is 9.65. The van der Waals surface area contributed by atoms with Crippen molar-refractivity contribution in [3.05, 3.63) is 65.0 Å².